The van der Waals surface area contributed by atoms with Gasteiger partial charge in [0.15, 0.2) is 0 Å². The van der Waals surface area contributed by atoms with E-state index in [1.165, 1.54) is 20.3 Å². The molecule has 0 unspecified atom stereocenters. The molecule has 8 nitrogen and oxygen atoms in total. The fourth-order valence-corrected chi connectivity index (χ4v) is 3.15. The molecule has 2 rings (SSSR count). The largest absolute Gasteiger partial charge is 0.507 e. The molecule has 1 aliphatic rings. The minimum Gasteiger partial charge on any atom is -0.507 e. The van der Waals surface area contributed by atoms with Crippen molar-refractivity contribution in [3.63, 3.8) is 0 Å². The second-order valence-electron chi connectivity index (χ2n) is 6.63. The number of hydrogen-bond acceptors (Lipinski definition) is 8. The first-order valence-corrected chi connectivity index (χ1v) is 9.02. The summed E-state index contributed by atoms with van der Waals surface area (Å²) >= 11 is 0. The van der Waals surface area contributed by atoms with Crippen molar-refractivity contribution >= 4 is 23.3 Å². The standard InChI is InChI=1S/C20H24O8/c1-11-17(27-3)8-7-15(22)19(24)14(21)6-4-5-12-9-13(26-2)10-16(23)18(12)20(25)28-11/h9-11,17,23H,4-8H2,1-3H3/t11-,17+/m0/s1. The van der Waals surface area contributed by atoms with E-state index in [9.17, 15) is 24.3 Å². The van der Waals surface area contributed by atoms with Crippen molar-refractivity contribution in [1.82, 2.24) is 0 Å². The third kappa shape index (κ3) is 4.95. The second kappa shape index (κ2) is 9.45. The summed E-state index contributed by atoms with van der Waals surface area (Å²) in [7, 11) is 2.81. The molecule has 0 bridgehead atoms. The Morgan fingerprint density at radius 2 is 1.71 bits per heavy atom. The first kappa shape index (κ1) is 21.6. The smallest absolute Gasteiger partial charge is 0.342 e. The third-order valence-corrected chi connectivity index (χ3v) is 4.74. The number of methoxy groups -OCH3 is 2. The summed E-state index contributed by atoms with van der Waals surface area (Å²) in [5.74, 6) is -3.26. The number of fused-ring (bicyclic) bond motifs is 1. The SMILES string of the molecule is COc1cc(O)c2c(c1)CCCC(=O)C(=O)C(=O)CC[C@@H](OC)[C@H](C)OC2=O. The van der Waals surface area contributed by atoms with Gasteiger partial charge in [-0.3, -0.25) is 14.4 Å². The average molecular weight is 392 g/mol. The maximum Gasteiger partial charge on any atom is 0.342 e. The molecule has 0 radical (unpaired) electrons. The lowest BCUT2D eigenvalue weighted by molar-refractivity contribution is -0.144. The number of phenolic OH excluding ortho intramolecular Hbond substituents is 1. The van der Waals surface area contributed by atoms with Crippen molar-refractivity contribution in [2.75, 3.05) is 14.2 Å². The predicted molar refractivity (Wildman–Crippen MR) is 97.5 cm³/mol. The van der Waals surface area contributed by atoms with Gasteiger partial charge < -0.3 is 19.3 Å². The van der Waals surface area contributed by atoms with Gasteiger partial charge in [0.25, 0.3) is 5.78 Å². The Balaban J connectivity index is 2.42. The van der Waals surface area contributed by atoms with Crippen LogP contribution in [0.3, 0.4) is 0 Å². The van der Waals surface area contributed by atoms with Gasteiger partial charge in [-0.2, -0.15) is 0 Å². The number of rotatable bonds is 2. The molecule has 0 aliphatic carbocycles. The summed E-state index contributed by atoms with van der Waals surface area (Å²) in [5, 5.41) is 10.3. The fraction of sp³-hybridized carbons (Fsp3) is 0.500. The molecule has 0 saturated carbocycles. The molecule has 1 aliphatic heterocycles. The molecule has 0 amide bonds. The zero-order chi connectivity index (χ0) is 20.8. The molecule has 28 heavy (non-hydrogen) atoms. The zero-order valence-electron chi connectivity index (χ0n) is 16.1. The topological polar surface area (TPSA) is 116 Å². The number of ether oxygens (including phenoxy) is 3. The lowest BCUT2D eigenvalue weighted by Crippen LogP contribution is -2.33. The Morgan fingerprint density at radius 1 is 1.04 bits per heavy atom. The number of carbonyl (C=O) groups is 4. The van der Waals surface area contributed by atoms with Crippen LogP contribution in [0.2, 0.25) is 0 Å². The van der Waals surface area contributed by atoms with Crippen LogP contribution in [0, 0.1) is 0 Å². The fourth-order valence-electron chi connectivity index (χ4n) is 3.15. The van der Waals surface area contributed by atoms with Gasteiger partial charge in [-0.25, -0.2) is 4.79 Å². The molecule has 1 aromatic carbocycles. The van der Waals surface area contributed by atoms with Crippen LogP contribution in [0.4, 0.5) is 0 Å². The number of phenols is 1. The highest BCUT2D eigenvalue weighted by atomic mass is 16.6. The van der Waals surface area contributed by atoms with E-state index in [1.807, 2.05) is 0 Å². The molecule has 1 heterocycles. The van der Waals surface area contributed by atoms with Crippen molar-refractivity contribution in [2.45, 2.75) is 51.2 Å². The molecule has 0 aromatic heterocycles. The van der Waals surface area contributed by atoms with Crippen LogP contribution in [0.15, 0.2) is 12.1 Å². The summed E-state index contributed by atoms with van der Waals surface area (Å²) < 4.78 is 15.8. The average Bonchev–Trinajstić information content (AvgIpc) is 2.66. The number of hydrogen-bond donors (Lipinski definition) is 1. The molecule has 8 heteroatoms. The molecule has 1 N–H and O–H groups in total. The Bertz CT molecular complexity index is 783. The van der Waals surface area contributed by atoms with Crippen molar-refractivity contribution in [1.29, 1.82) is 0 Å². The van der Waals surface area contributed by atoms with Crippen LogP contribution in [0.1, 0.15) is 48.5 Å². The summed E-state index contributed by atoms with van der Waals surface area (Å²) in [6.07, 6.45) is -1.16. The molecule has 2 atom stereocenters. The maximum atomic E-state index is 12.7. The zero-order valence-corrected chi connectivity index (χ0v) is 16.1. The summed E-state index contributed by atoms with van der Waals surface area (Å²) in [6.45, 7) is 1.59. The quantitative estimate of drug-likeness (QED) is 0.598. The molecule has 0 fully saturated rings. The van der Waals surface area contributed by atoms with E-state index >= 15 is 0 Å². The van der Waals surface area contributed by atoms with Gasteiger partial charge in [0.1, 0.15) is 23.2 Å². The van der Waals surface area contributed by atoms with Crippen LogP contribution in [-0.4, -0.2) is 54.9 Å². The number of aromatic hydroxyl groups is 1. The van der Waals surface area contributed by atoms with Gasteiger partial charge in [0.05, 0.1) is 13.2 Å². The van der Waals surface area contributed by atoms with Gasteiger partial charge in [0.2, 0.25) is 11.6 Å². The van der Waals surface area contributed by atoms with E-state index in [2.05, 4.69) is 0 Å². The van der Waals surface area contributed by atoms with Crippen LogP contribution in [0.5, 0.6) is 11.5 Å². The minimum absolute atomic E-state index is 0.0191. The first-order chi connectivity index (χ1) is 13.3. The Kier molecular flexibility index (Phi) is 7.28. The Morgan fingerprint density at radius 3 is 2.36 bits per heavy atom. The first-order valence-electron chi connectivity index (χ1n) is 9.02. The highest BCUT2D eigenvalue weighted by Gasteiger charge is 2.29. The Labute approximate surface area is 162 Å². The van der Waals surface area contributed by atoms with Crippen LogP contribution in [-0.2, 0) is 30.3 Å². The molecule has 0 spiro atoms. The lowest BCUT2D eigenvalue weighted by Gasteiger charge is -2.23. The van der Waals surface area contributed by atoms with Gasteiger partial charge >= 0.3 is 5.97 Å². The highest BCUT2D eigenvalue weighted by molar-refractivity contribution is 6.63. The van der Waals surface area contributed by atoms with Crippen LogP contribution in [0.25, 0.3) is 0 Å². The van der Waals surface area contributed by atoms with Gasteiger partial charge in [-0.1, -0.05) is 0 Å². The summed E-state index contributed by atoms with van der Waals surface area (Å²) in [4.78, 5) is 48.6. The van der Waals surface area contributed by atoms with Crippen molar-refractivity contribution in [2.24, 2.45) is 0 Å². The number of benzene rings is 1. The molecule has 1 aromatic rings. The van der Waals surface area contributed by atoms with Crippen molar-refractivity contribution in [3.05, 3.63) is 23.3 Å². The van der Waals surface area contributed by atoms with Crippen LogP contribution < -0.4 is 4.74 Å². The summed E-state index contributed by atoms with van der Waals surface area (Å²) in [5.41, 5.74) is 0.404. The van der Waals surface area contributed by atoms with Gasteiger partial charge in [-0.05, 0) is 37.8 Å². The number of Topliss-reactive ketones (excluding diaryl/α,β-unsaturated/α-hetero) is 3. The minimum atomic E-state index is -1.02. The normalized spacial score (nSPS) is 22.2. The molecule has 0 saturated heterocycles. The second-order valence-corrected chi connectivity index (χ2v) is 6.63. The molecule has 152 valence electrons. The number of aryl methyl sites for hydroxylation is 1. The van der Waals surface area contributed by atoms with E-state index in [-0.39, 0.29) is 43.4 Å². The van der Waals surface area contributed by atoms with Crippen molar-refractivity contribution in [3.8, 4) is 11.5 Å². The van der Waals surface area contributed by atoms with E-state index < -0.39 is 35.5 Å². The van der Waals surface area contributed by atoms with Gasteiger partial charge in [-0.15, -0.1) is 0 Å². The van der Waals surface area contributed by atoms with E-state index in [0.29, 0.717) is 11.3 Å². The number of cyclic esters (lactones) is 1. The van der Waals surface area contributed by atoms with Crippen molar-refractivity contribution < 1.29 is 38.5 Å². The molecular weight excluding hydrogens is 368 g/mol. The third-order valence-electron chi connectivity index (χ3n) is 4.74. The number of carbonyl (C=O) groups excluding carboxylic acids is 4. The number of esters is 1. The Hall–Kier alpha value is -2.74. The summed E-state index contributed by atoms with van der Waals surface area (Å²) in [6, 6.07) is 2.87. The monoisotopic (exact) mass is 392 g/mol. The van der Waals surface area contributed by atoms with E-state index in [1.54, 1.807) is 13.0 Å². The van der Waals surface area contributed by atoms with Gasteiger partial charge in [0, 0.05) is 26.0 Å². The highest BCUT2D eigenvalue weighted by Crippen LogP contribution is 2.30. The predicted octanol–water partition coefficient (Wildman–Crippen LogP) is 1.78. The lowest BCUT2D eigenvalue weighted by atomic mass is 9.96. The molecular formula is C20H24O8. The van der Waals surface area contributed by atoms with E-state index in [0.717, 1.165) is 0 Å². The van der Waals surface area contributed by atoms with Crippen LogP contribution >= 0.6 is 0 Å². The maximum absolute atomic E-state index is 12.7. The number of ketones is 3. The van der Waals surface area contributed by atoms with E-state index in [4.69, 9.17) is 14.2 Å².